The summed E-state index contributed by atoms with van der Waals surface area (Å²) in [6.45, 7) is 12.3. The summed E-state index contributed by atoms with van der Waals surface area (Å²) in [5.41, 5.74) is 6.57. The molecule has 9 rings (SSSR count). The van der Waals surface area contributed by atoms with Crippen LogP contribution in [0.1, 0.15) is 109 Å². The van der Waals surface area contributed by atoms with E-state index in [4.69, 9.17) is 28.9 Å². The molecule has 0 aliphatic carbocycles. The van der Waals surface area contributed by atoms with E-state index in [-0.39, 0.29) is 60.0 Å². The highest BCUT2D eigenvalue weighted by molar-refractivity contribution is 6.07. The Morgan fingerprint density at radius 1 is 0.785 bits per heavy atom. The van der Waals surface area contributed by atoms with Crippen molar-refractivity contribution in [1.29, 1.82) is 0 Å². The Morgan fingerprint density at radius 3 is 2.15 bits per heavy atom. The van der Waals surface area contributed by atoms with Crippen molar-refractivity contribution in [3.8, 4) is 28.1 Å². The minimum Gasteiger partial charge on any atom is -0.488 e. The van der Waals surface area contributed by atoms with Crippen LogP contribution in [0, 0.1) is 11.8 Å². The van der Waals surface area contributed by atoms with Gasteiger partial charge in [0.2, 0.25) is 11.8 Å². The number of alkyl carbamates (subject to hydrolysis) is 2. The molecule has 4 aliphatic rings. The number of nitrogens with one attached hydrogen (secondary N) is 4. The number of imidazole rings is 2. The Hall–Kier alpha value is -6.16. The third kappa shape index (κ3) is 8.25. The van der Waals surface area contributed by atoms with Gasteiger partial charge in [0.25, 0.3) is 0 Å². The average Bonchev–Trinajstić information content (AvgIpc) is 4.11. The number of hydrogen-bond acceptors (Lipinski definition) is 10. The number of carbonyl (C=O) groups is 4. The molecule has 3 saturated heterocycles. The molecule has 0 radical (unpaired) electrons. The number of amides is 4. The zero-order valence-corrected chi connectivity index (χ0v) is 38.4. The number of nitrogens with zero attached hydrogens (tertiary/aromatic N) is 4. The van der Waals surface area contributed by atoms with Gasteiger partial charge in [0.15, 0.2) is 0 Å². The maximum Gasteiger partial charge on any atom is 0.407 e. The van der Waals surface area contributed by atoms with E-state index in [1.807, 2.05) is 56.7 Å². The topological polar surface area (TPSA) is 193 Å². The van der Waals surface area contributed by atoms with E-state index in [0.29, 0.717) is 31.1 Å². The first-order valence-corrected chi connectivity index (χ1v) is 23.0. The molecule has 5 aromatic rings. The Kier molecular flexibility index (Phi) is 12.0. The molecule has 4 N–H and O–H groups in total. The summed E-state index contributed by atoms with van der Waals surface area (Å²) in [5.74, 6) is 1.67. The summed E-state index contributed by atoms with van der Waals surface area (Å²) in [6, 6.07) is 12.6. The van der Waals surface area contributed by atoms with E-state index in [0.717, 1.165) is 81.2 Å². The lowest BCUT2D eigenvalue weighted by Gasteiger charge is -2.39. The first-order chi connectivity index (χ1) is 31.2. The second-order valence-electron chi connectivity index (χ2n) is 18.8. The lowest BCUT2D eigenvalue weighted by Crippen LogP contribution is -2.55. The highest BCUT2D eigenvalue weighted by Crippen LogP contribution is 2.44. The van der Waals surface area contributed by atoms with Crippen LogP contribution in [0.5, 0.6) is 5.75 Å². The van der Waals surface area contributed by atoms with Crippen molar-refractivity contribution >= 4 is 45.8 Å². The summed E-state index contributed by atoms with van der Waals surface area (Å²) < 4.78 is 22.2. The van der Waals surface area contributed by atoms with E-state index in [1.165, 1.54) is 14.2 Å². The van der Waals surface area contributed by atoms with Gasteiger partial charge in [0, 0.05) is 23.0 Å². The molecule has 3 aromatic carbocycles. The molecule has 0 spiro atoms. The minimum atomic E-state index is -0.747. The normalized spacial score (nSPS) is 24.9. The molecular formula is C49H60N8O8. The second-order valence-corrected chi connectivity index (χ2v) is 18.8. The van der Waals surface area contributed by atoms with Gasteiger partial charge in [-0.15, -0.1) is 0 Å². The second kappa shape index (κ2) is 17.7. The fraction of sp³-hybridized carbons (Fsp3) is 0.510. The van der Waals surface area contributed by atoms with E-state index in [9.17, 15) is 19.2 Å². The molecule has 6 heterocycles. The first kappa shape index (κ1) is 44.1. The van der Waals surface area contributed by atoms with Gasteiger partial charge < -0.3 is 49.3 Å². The van der Waals surface area contributed by atoms with Gasteiger partial charge in [-0.25, -0.2) is 19.6 Å². The zero-order chi connectivity index (χ0) is 45.8. The third-order valence-electron chi connectivity index (χ3n) is 14.1. The number of aromatic amines is 2. The molecule has 4 aliphatic heterocycles. The fourth-order valence-corrected chi connectivity index (χ4v) is 10.8. The predicted octanol–water partition coefficient (Wildman–Crippen LogP) is 8.08. The van der Waals surface area contributed by atoms with Crippen LogP contribution in [0.4, 0.5) is 9.59 Å². The van der Waals surface area contributed by atoms with Crippen LogP contribution in [-0.2, 0) is 30.4 Å². The lowest BCUT2D eigenvalue weighted by molar-refractivity contribution is -0.140. The first-order valence-electron chi connectivity index (χ1n) is 23.0. The molecule has 3 fully saturated rings. The minimum absolute atomic E-state index is 0.0292. The lowest BCUT2D eigenvalue weighted by atomic mass is 9.85. The summed E-state index contributed by atoms with van der Waals surface area (Å²) in [4.78, 5) is 74.0. The number of benzene rings is 3. The standard InChI is InChI=1S/C49H60N8O8/c1-24(2)41(54-48(60)62-7)46(58)57-26(4)10-16-39(57)45-51-36-14-12-29-20-35-33-13-11-30(19-32(33)23-64-40(35)21-34(29)43(36)53-45)37-22-50-44(52-37)38-15-9-25(3)56(38)47(59)42(55-49(61)63-8)31-17-27(5)65-28(6)18-31/h11-14,19-22,24-28,31,38-39,41-42H,9-10,15-18,23H2,1-8H3,(H,50,52)(H,51,53)(H,54,60)(H,55,61)/t25-,26-,27+,28+,38-,39-,41-,42?/m0/s1. The van der Waals surface area contributed by atoms with Gasteiger partial charge >= 0.3 is 12.2 Å². The number of H-pyrrole nitrogens is 2. The maximum absolute atomic E-state index is 14.5. The van der Waals surface area contributed by atoms with Crippen molar-refractivity contribution in [3.63, 3.8) is 0 Å². The van der Waals surface area contributed by atoms with Crippen LogP contribution in [0.3, 0.4) is 0 Å². The Bertz CT molecular complexity index is 2630. The van der Waals surface area contributed by atoms with E-state index in [2.05, 4.69) is 63.9 Å². The Morgan fingerprint density at radius 2 is 1.46 bits per heavy atom. The van der Waals surface area contributed by atoms with Crippen molar-refractivity contribution in [1.82, 2.24) is 40.4 Å². The molecular weight excluding hydrogens is 829 g/mol. The van der Waals surface area contributed by atoms with Gasteiger partial charge in [0.05, 0.1) is 61.4 Å². The van der Waals surface area contributed by atoms with Crippen LogP contribution < -0.4 is 15.4 Å². The van der Waals surface area contributed by atoms with Gasteiger partial charge in [-0.2, -0.15) is 0 Å². The molecule has 16 nitrogen and oxygen atoms in total. The number of hydrogen-bond donors (Lipinski definition) is 4. The highest BCUT2D eigenvalue weighted by atomic mass is 16.5. The van der Waals surface area contributed by atoms with Crippen molar-refractivity contribution in [2.24, 2.45) is 11.8 Å². The van der Waals surface area contributed by atoms with Gasteiger partial charge in [-0.1, -0.05) is 32.0 Å². The molecule has 0 saturated carbocycles. The summed E-state index contributed by atoms with van der Waals surface area (Å²) in [5, 5.41) is 7.58. The van der Waals surface area contributed by atoms with Crippen LogP contribution >= 0.6 is 0 Å². The number of methoxy groups -OCH3 is 2. The molecule has 4 amide bonds. The van der Waals surface area contributed by atoms with Crippen LogP contribution in [0.25, 0.3) is 44.2 Å². The van der Waals surface area contributed by atoms with E-state index in [1.54, 1.807) is 0 Å². The zero-order valence-electron chi connectivity index (χ0n) is 38.4. The average molecular weight is 889 g/mol. The van der Waals surface area contributed by atoms with Gasteiger partial charge in [-0.3, -0.25) is 9.59 Å². The highest BCUT2D eigenvalue weighted by Gasteiger charge is 2.45. The number of aromatic nitrogens is 4. The molecule has 8 atom stereocenters. The monoisotopic (exact) mass is 888 g/mol. The van der Waals surface area contributed by atoms with Crippen LogP contribution in [0.2, 0.25) is 0 Å². The van der Waals surface area contributed by atoms with Crippen molar-refractivity contribution in [3.05, 3.63) is 65.9 Å². The van der Waals surface area contributed by atoms with Crippen LogP contribution in [-0.4, -0.2) is 104 Å². The number of ether oxygens (including phenoxy) is 4. The Balaban J connectivity index is 0.959. The number of likely N-dealkylation sites (tertiary alicyclic amines) is 2. The summed E-state index contributed by atoms with van der Waals surface area (Å²) >= 11 is 0. The predicted molar refractivity (Wildman–Crippen MR) is 244 cm³/mol. The smallest absolute Gasteiger partial charge is 0.407 e. The molecule has 16 heteroatoms. The van der Waals surface area contributed by atoms with Gasteiger partial charge in [0.1, 0.15) is 36.1 Å². The molecule has 65 heavy (non-hydrogen) atoms. The quantitative estimate of drug-likeness (QED) is 0.112. The van der Waals surface area contributed by atoms with Crippen LogP contribution in [0.15, 0.2) is 48.7 Å². The number of fused-ring (bicyclic) bond motifs is 6. The SMILES string of the molecule is COC(=O)NC(C(=O)N1[C@@H](C)CC[C@H]1c1ncc(-c2ccc3c(c2)COc2cc4c(ccc5[nH]c([C@@H]6CC[C@H](C)N6C(=O)[C@@H](NC(=O)OC)C(C)C)nc54)cc2-3)[nH]1)C1C[C@@H](C)O[C@H](C)C1. The largest absolute Gasteiger partial charge is 0.488 e. The molecule has 1 unspecified atom stereocenters. The molecule has 344 valence electrons. The van der Waals surface area contributed by atoms with Crippen molar-refractivity contribution in [2.75, 3.05) is 14.2 Å². The fourth-order valence-electron chi connectivity index (χ4n) is 10.8. The number of carbonyl (C=O) groups excluding carboxylic acids is 4. The summed E-state index contributed by atoms with van der Waals surface area (Å²) in [7, 11) is 2.61. The third-order valence-corrected chi connectivity index (χ3v) is 14.1. The van der Waals surface area contributed by atoms with Crippen molar-refractivity contribution in [2.45, 2.75) is 135 Å². The maximum atomic E-state index is 14.5. The molecule has 2 aromatic heterocycles. The number of rotatable bonds is 9. The Labute approximate surface area is 378 Å². The van der Waals surface area contributed by atoms with E-state index < -0.39 is 24.3 Å². The molecule has 0 bridgehead atoms. The van der Waals surface area contributed by atoms with Gasteiger partial charge in [-0.05, 0) is 124 Å². The summed E-state index contributed by atoms with van der Waals surface area (Å²) in [6.07, 6.45) is 4.93. The van der Waals surface area contributed by atoms with Crippen molar-refractivity contribution < 1.29 is 38.1 Å². The van der Waals surface area contributed by atoms with E-state index >= 15 is 0 Å².